The number of rotatable bonds is 5. The van der Waals surface area contributed by atoms with Crippen molar-refractivity contribution in [2.75, 3.05) is 18.6 Å². The maximum atomic E-state index is 13.0. The van der Waals surface area contributed by atoms with Crippen LogP contribution in [0.2, 0.25) is 0 Å². The van der Waals surface area contributed by atoms with E-state index in [0.717, 1.165) is 0 Å². The molecule has 0 atom stereocenters. The van der Waals surface area contributed by atoms with Gasteiger partial charge in [-0.1, -0.05) is 36.1 Å². The summed E-state index contributed by atoms with van der Waals surface area (Å²) in [5, 5.41) is 10.0. The molecule has 0 spiro atoms. The minimum atomic E-state index is -0.225. The minimum absolute atomic E-state index is 0.0237. The minimum Gasteiger partial charge on any atom is -0.503 e. The fourth-order valence-electron chi connectivity index (χ4n) is 2.58. The number of carbonyl (C=O) groups excluding carboxylic acids is 1. The summed E-state index contributed by atoms with van der Waals surface area (Å²) >= 11 is 9.93. The SMILES string of the molecule is CCOc1cc(/C=C2/SC(=S)N(c3ccccc3OC)C2=O)cc(Br)c1O. The molecule has 1 saturated heterocycles. The van der Waals surface area contributed by atoms with Gasteiger partial charge in [0.05, 0.1) is 28.8 Å². The fourth-order valence-corrected chi connectivity index (χ4v) is 4.33. The molecule has 27 heavy (non-hydrogen) atoms. The number of ether oxygens (including phenoxy) is 2. The first kappa shape index (κ1) is 19.7. The first-order valence-corrected chi connectivity index (χ1v) is 10.0. The maximum absolute atomic E-state index is 13.0. The summed E-state index contributed by atoms with van der Waals surface area (Å²) in [6.07, 6.45) is 1.72. The number of amides is 1. The summed E-state index contributed by atoms with van der Waals surface area (Å²) < 4.78 is 11.7. The van der Waals surface area contributed by atoms with E-state index in [0.29, 0.717) is 43.1 Å². The molecule has 1 heterocycles. The van der Waals surface area contributed by atoms with E-state index in [1.807, 2.05) is 19.1 Å². The molecule has 1 aliphatic heterocycles. The summed E-state index contributed by atoms with van der Waals surface area (Å²) in [6.45, 7) is 2.25. The number of methoxy groups -OCH3 is 1. The van der Waals surface area contributed by atoms with E-state index in [1.165, 1.54) is 16.7 Å². The fraction of sp³-hybridized carbons (Fsp3) is 0.158. The highest BCUT2D eigenvalue weighted by Gasteiger charge is 2.34. The van der Waals surface area contributed by atoms with Crippen LogP contribution < -0.4 is 14.4 Å². The molecule has 0 radical (unpaired) electrons. The number of phenolic OH excluding ortho intramolecular Hbond substituents is 1. The summed E-state index contributed by atoms with van der Waals surface area (Å²) in [5.41, 5.74) is 1.32. The zero-order chi connectivity index (χ0) is 19.6. The van der Waals surface area contributed by atoms with Gasteiger partial charge in [-0.25, -0.2) is 0 Å². The lowest BCUT2D eigenvalue weighted by molar-refractivity contribution is -0.113. The number of thiocarbonyl (C=S) groups is 1. The van der Waals surface area contributed by atoms with Crippen molar-refractivity contribution in [3.8, 4) is 17.2 Å². The molecule has 0 bridgehead atoms. The van der Waals surface area contributed by atoms with Crippen LogP contribution in [0.3, 0.4) is 0 Å². The van der Waals surface area contributed by atoms with Crippen molar-refractivity contribution in [3.63, 3.8) is 0 Å². The third kappa shape index (κ3) is 3.97. The van der Waals surface area contributed by atoms with Crippen molar-refractivity contribution < 1.29 is 19.4 Å². The molecule has 0 saturated carbocycles. The van der Waals surface area contributed by atoms with Gasteiger partial charge >= 0.3 is 0 Å². The monoisotopic (exact) mass is 465 g/mol. The lowest BCUT2D eigenvalue weighted by Gasteiger charge is -2.17. The highest BCUT2D eigenvalue weighted by atomic mass is 79.9. The van der Waals surface area contributed by atoms with Crippen molar-refractivity contribution >= 4 is 61.9 Å². The zero-order valence-corrected chi connectivity index (χ0v) is 17.8. The Labute approximate surface area is 175 Å². The molecule has 2 aromatic rings. The smallest absolute Gasteiger partial charge is 0.270 e. The van der Waals surface area contributed by atoms with Gasteiger partial charge in [-0.05, 0) is 58.8 Å². The van der Waals surface area contributed by atoms with Gasteiger partial charge in [0.25, 0.3) is 5.91 Å². The Morgan fingerprint density at radius 3 is 2.74 bits per heavy atom. The van der Waals surface area contributed by atoms with Crippen LogP contribution in [-0.2, 0) is 4.79 Å². The number of carbonyl (C=O) groups is 1. The Balaban J connectivity index is 1.98. The standard InChI is InChI=1S/C19H16BrNO4S2/c1-3-25-15-9-11(8-12(20)17(15)22)10-16-18(23)21(19(26)27-16)13-6-4-5-7-14(13)24-2/h4-10,22H,3H2,1-2H3/b16-10+. The third-order valence-corrected chi connectivity index (χ3v) is 5.67. The first-order valence-electron chi connectivity index (χ1n) is 8.02. The lowest BCUT2D eigenvalue weighted by Crippen LogP contribution is -2.27. The molecule has 0 unspecified atom stereocenters. The van der Waals surface area contributed by atoms with Crippen LogP contribution in [0, 0.1) is 0 Å². The molecule has 1 aliphatic rings. The third-order valence-electron chi connectivity index (χ3n) is 3.77. The Kier molecular flexibility index (Phi) is 6.08. The number of aromatic hydroxyl groups is 1. The average molecular weight is 466 g/mol. The Bertz CT molecular complexity index is 945. The largest absolute Gasteiger partial charge is 0.503 e. The van der Waals surface area contributed by atoms with Gasteiger partial charge in [0.15, 0.2) is 15.8 Å². The van der Waals surface area contributed by atoms with Gasteiger partial charge in [-0.2, -0.15) is 0 Å². The molecular weight excluding hydrogens is 450 g/mol. The van der Waals surface area contributed by atoms with E-state index in [2.05, 4.69) is 15.9 Å². The Morgan fingerprint density at radius 1 is 1.30 bits per heavy atom. The average Bonchev–Trinajstić information content (AvgIpc) is 2.92. The van der Waals surface area contributed by atoms with Crippen LogP contribution in [-0.4, -0.2) is 29.1 Å². The second-order valence-corrected chi connectivity index (χ2v) is 8.00. The lowest BCUT2D eigenvalue weighted by atomic mass is 10.1. The van der Waals surface area contributed by atoms with E-state index >= 15 is 0 Å². The predicted octanol–water partition coefficient (Wildman–Crippen LogP) is 4.97. The molecule has 3 rings (SSSR count). The van der Waals surface area contributed by atoms with Gasteiger partial charge in [0, 0.05) is 0 Å². The predicted molar refractivity (Wildman–Crippen MR) is 116 cm³/mol. The van der Waals surface area contributed by atoms with Gasteiger partial charge in [-0.15, -0.1) is 0 Å². The molecule has 0 aliphatic carbocycles. The quantitative estimate of drug-likeness (QED) is 0.496. The maximum Gasteiger partial charge on any atom is 0.270 e. The molecule has 1 amide bonds. The zero-order valence-electron chi connectivity index (χ0n) is 14.6. The number of thioether (sulfide) groups is 1. The number of hydrogen-bond donors (Lipinski definition) is 1. The van der Waals surface area contributed by atoms with Crippen molar-refractivity contribution in [1.82, 2.24) is 0 Å². The van der Waals surface area contributed by atoms with Gasteiger partial charge < -0.3 is 14.6 Å². The number of benzene rings is 2. The Hall–Kier alpha value is -2.03. The second kappa shape index (κ2) is 8.33. The van der Waals surface area contributed by atoms with E-state index < -0.39 is 0 Å². The number of halogens is 1. The molecular formula is C19H16BrNO4S2. The summed E-state index contributed by atoms with van der Waals surface area (Å²) in [5.74, 6) is 0.714. The van der Waals surface area contributed by atoms with Crippen LogP contribution in [0.4, 0.5) is 5.69 Å². The number of anilines is 1. The van der Waals surface area contributed by atoms with Crippen molar-refractivity contribution in [2.24, 2.45) is 0 Å². The molecule has 1 fully saturated rings. The van der Waals surface area contributed by atoms with Crippen LogP contribution in [0.5, 0.6) is 17.2 Å². The van der Waals surface area contributed by atoms with Crippen LogP contribution in [0.25, 0.3) is 6.08 Å². The summed E-state index contributed by atoms with van der Waals surface area (Å²) in [7, 11) is 1.55. The first-order chi connectivity index (χ1) is 13.0. The van der Waals surface area contributed by atoms with Crippen LogP contribution in [0.15, 0.2) is 45.8 Å². The Morgan fingerprint density at radius 2 is 2.04 bits per heavy atom. The summed E-state index contributed by atoms with van der Waals surface area (Å²) in [4.78, 5) is 14.9. The van der Waals surface area contributed by atoms with Crippen molar-refractivity contribution in [1.29, 1.82) is 0 Å². The topological polar surface area (TPSA) is 59.0 Å². The number of phenols is 1. The highest BCUT2D eigenvalue weighted by molar-refractivity contribution is 9.10. The normalized spacial score (nSPS) is 15.5. The van der Waals surface area contributed by atoms with Crippen molar-refractivity contribution in [3.05, 3.63) is 51.3 Å². The van der Waals surface area contributed by atoms with Gasteiger partial charge in [-0.3, -0.25) is 9.69 Å². The van der Waals surface area contributed by atoms with E-state index in [9.17, 15) is 9.90 Å². The molecule has 8 heteroatoms. The molecule has 0 aromatic heterocycles. The van der Waals surface area contributed by atoms with Crippen molar-refractivity contribution in [2.45, 2.75) is 6.92 Å². The molecule has 1 N–H and O–H groups in total. The summed E-state index contributed by atoms with van der Waals surface area (Å²) in [6, 6.07) is 10.6. The number of hydrogen-bond acceptors (Lipinski definition) is 6. The van der Waals surface area contributed by atoms with Gasteiger partial charge in [0.2, 0.25) is 0 Å². The van der Waals surface area contributed by atoms with Crippen LogP contribution >= 0.6 is 39.9 Å². The number of para-hydroxylation sites is 2. The van der Waals surface area contributed by atoms with E-state index in [1.54, 1.807) is 37.5 Å². The van der Waals surface area contributed by atoms with E-state index in [-0.39, 0.29) is 11.7 Å². The van der Waals surface area contributed by atoms with Crippen LogP contribution in [0.1, 0.15) is 12.5 Å². The molecule has 2 aromatic carbocycles. The second-order valence-electron chi connectivity index (χ2n) is 5.47. The number of nitrogens with zero attached hydrogens (tertiary/aromatic N) is 1. The van der Waals surface area contributed by atoms with Gasteiger partial charge in [0.1, 0.15) is 5.75 Å². The highest BCUT2D eigenvalue weighted by Crippen LogP contribution is 2.41. The molecule has 140 valence electrons. The molecule has 5 nitrogen and oxygen atoms in total. The van der Waals surface area contributed by atoms with E-state index in [4.69, 9.17) is 21.7 Å².